The predicted molar refractivity (Wildman–Crippen MR) is 614 cm³/mol. The SMILES string of the molecule is CC(C)(C)c1ccc2c(c1C(C)(C)C)Oc1c(c(C(=O)[O-])c(C(C)(C)C)c(C(C)(C)C)c1C(C)(C)C)C2.CC(C)(C)c1ccc2c(c1C(C)(C)C)Oc1c(c(C(=O)[O-])c(C(C)(C)C)c(C(C)(C)C)c1C(C)(C)C)C2.CC(C)(C)c1ccc2c(c1C(C)(C)C)Oc1c(c(C(=O)[O-])c(C(C)(C)C)c(C(C)(C)C)c1C(C)(C)C)C2.CC(C)(C)c1ccc2c(c1C(C)(C)C)Oc1c(c(C(=O)[O-])c(C(C)(C)C)c(C(C)(C)C)c1C(C)(C)C)C2.[Mo+4]. The van der Waals surface area contributed by atoms with Gasteiger partial charge in [0, 0.05) is 115 Å². The van der Waals surface area contributed by atoms with E-state index in [1.54, 1.807) is 0 Å². The molecule has 12 nitrogen and oxygen atoms in total. The van der Waals surface area contributed by atoms with Crippen LogP contribution >= 0.6 is 0 Å². The number of carboxylic acids is 4. The molecule has 8 aromatic rings. The van der Waals surface area contributed by atoms with Crippen LogP contribution in [0.15, 0.2) is 48.5 Å². The van der Waals surface area contributed by atoms with E-state index in [1.165, 1.54) is 44.5 Å². The van der Waals surface area contributed by atoms with Gasteiger partial charge < -0.3 is 58.6 Å². The number of carbonyl (C=O) groups excluding carboxylic acids is 4. The van der Waals surface area contributed by atoms with Gasteiger partial charge in [-0.1, -0.05) is 464 Å². The Balaban J connectivity index is 0.000000241. The number of ether oxygens (including phenoxy) is 4. The van der Waals surface area contributed by atoms with Crippen LogP contribution in [0.3, 0.4) is 0 Å². The van der Waals surface area contributed by atoms with E-state index in [1.807, 2.05) is 0 Å². The van der Waals surface area contributed by atoms with Gasteiger partial charge in [0.2, 0.25) is 0 Å². The summed E-state index contributed by atoms with van der Waals surface area (Å²) in [4.78, 5) is 51.8. The predicted octanol–water partition coefficient (Wildman–Crippen LogP) is 32.9. The van der Waals surface area contributed by atoms with Crippen molar-refractivity contribution in [1.29, 1.82) is 0 Å². The summed E-state index contributed by atoms with van der Waals surface area (Å²) in [5, 5.41) is 51.8. The third-order valence-corrected chi connectivity index (χ3v) is 29.5. The Bertz CT molecular complexity index is 5770. The number of fused-ring (bicyclic) bond motifs is 8. The Hall–Kier alpha value is -8.47. The van der Waals surface area contributed by atoms with Crippen LogP contribution in [0, 0.1) is 0 Å². The number of benzene rings is 8. The molecule has 0 fully saturated rings. The van der Waals surface area contributed by atoms with Crippen molar-refractivity contribution < 1.29 is 79.6 Å². The van der Waals surface area contributed by atoms with Gasteiger partial charge in [-0.15, -0.1) is 0 Å². The zero-order chi connectivity index (χ0) is 115. The summed E-state index contributed by atoms with van der Waals surface area (Å²) in [6.07, 6.45) is 2.05. The van der Waals surface area contributed by atoms with Crippen molar-refractivity contribution in [3.8, 4) is 46.0 Å². The van der Waals surface area contributed by atoms with Crippen molar-refractivity contribution in [2.24, 2.45) is 0 Å². The Morgan fingerprint density at radius 3 is 0.369 bits per heavy atom. The molecule has 0 spiro atoms. The van der Waals surface area contributed by atoms with E-state index in [0.717, 1.165) is 134 Å². The molecule has 12 rings (SSSR count). The van der Waals surface area contributed by atoms with Gasteiger partial charge in [0.25, 0.3) is 0 Å². The molecule has 0 atom stereocenters. The largest absolute Gasteiger partial charge is 4.00 e. The second-order valence-electron chi connectivity index (χ2n) is 64.4. The van der Waals surface area contributed by atoms with Crippen molar-refractivity contribution in [2.45, 2.75) is 549 Å². The van der Waals surface area contributed by atoms with Gasteiger partial charge in [-0.25, -0.2) is 0 Å². The van der Waals surface area contributed by atoms with Gasteiger partial charge >= 0.3 is 21.1 Å². The first-order chi connectivity index (χ1) is 65.5. The van der Waals surface area contributed by atoms with Crippen molar-refractivity contribution >= 4 is 23.9 Å². The number of carbonyl (C=O) groups is 4. The van der Waals surface area contributed by atoms with Gasteiger partial charge in [-0.05, 0) is 197 Å². The molecule has 13 heteroatoms. The molecule has 0 aliphatic carbocycles. The summed E-state index contributed by atoms with van der Waals surface area (Å²) in [6.45, 7) is 131. The second-order valence-corrected chi connectivity index (χ2v) is 64.4. The Kier molecular flexibility index (Phi) is 33.5. The van der Waals surface area contributed by atoms with Gasteiger partial charge in [-0.3, -0.25) is 0 Å². The number of hydrogen-bond acceptors (Lipinski definition) is 12. The summed E-state index contributed by atoms with van der Waals surface area (Å²) < 4.78 is 28.1. The van der Waals surface area contributed by atoms with Crippen LogP contribution in [0.2, 0.25) is 0 Å². The average molecular weight is 2120 g/mol. The first-order valence-corrected chi connectivity index (χ1v) is 54.7. The van der Waals surface area contributed by atoms with E-state index in [-0.39, 0.29) is 129 Å². The van der Waals surface area contributed by atoms with Crippen molar-refractivity contribution in [1.82, 2.24) is 0 Å². The molecule has 0 unspecified atom stereocenters. The molecular weight excluding hydrogens is 1920 g/mol. The van der Waals surface area contributed by atoms with Crippen LogP contribution in [-0.4, -0.2) is 23.9 Å². The number of hydrogen-bond donors (Lipinski definition) is 0. The molecular formula is C136H196MoO12. The number of aromatic carboxylic acids is 4. The van der Waals surface area contributed by atoms with Gasteiger partial charge in [0.1, 0.15) is 46.0 Å². The standard InChI is InChI=1S/4C34H50O3.Mo/c4*1-30(2,3)21-17-16-19-18-20-22(29(35)36)24(32(7,8)9)25(33(10,11)12)26(34(13,14)15)28(20)37-27(19)23(21)31(4,5)6;/h4*16-17H,18H2,1-15H3,(H,35,36);/q;;;;+4/p-4. The van der Waals surface area contributed by atoms with Crippen molar-refractivity contribution in [3.63, 3.8) is 0 Å². The third-order valence-electron chi connectivity index (χ3n) is 29.5. The fraction of sp³-hybridized carbons (Fsp3) is 0.618. The third kappa shape index (κ3) is 25.2. The maximum atomic E-state index is 12.9. The van der Waals surface area contributed by atoms with Gasteiger partial charge in [0.15, 0.2) is 0 Å². The van der Waals surface area contributed by atoms with E-state index >= 15 is 0 Å². The summed E-state index contributed by atoms with van der Waals surface area (Å²) in [7, 11) is 0. The maximum absolute atomic E-state index is 12.9. The molecule has 0 amide bonds. The molecule has 0 bridgehead atoms. The van der Waals surface area contributed by atoms with E-state index in [2.05, 4.69) is 464 Å². The summed E-state index contributed by atoms with van der Waals surface area (Å²) in [6, 6.07) is 17.4. The van der Waals surface area contributed by atoms with Crippen LogP contribution in [0.4, 0.5) is 0 Å². The molecule has 0 aromatic heterocycles. The van der Waals surface area contributed by atoms with E-state index < -0.39 is 23.9 Å². The zero-order valence-corrected chi connectivity index (χ0v) is 107. The molecule has 8 aromatic carbocycles. The van der Waals surface area contributed by atoms with Crippen LogP contribution in [0.5, 0.6) is 46.0 Å². The first-order valence-electron chi connectivity index (χ1n) is 54.7. The molecule has 0 saturated carbocycles. The zero-order valence-electron chi connectivity index (χ0n) is 105. The maximum Gasteiger partial charge on any atom is 4.00 e. The minimum absolute atomic E-state index is 0. The smallest absolute Gasteiger partial charge is 0.545 e. The van der Waals surface area contributed by atoms with E-state index in [4.69, 9.17) is 18.9 Å². The Morgan fingerprint density at radius 1 is 0.161 bits per heavy atom. The normalized spacial score (nSPS) is 14.6. The summed E-state index contributed by atoms with van der Waals surface area (Å²) in [5.41, 5.74) is 25.8. The fourth-order valence-electron chi connectivity index (χ4n) is 24.2. The summed E-state index contributed by atoms with van der Waals surface area (Å²) >= 11 is 0. The Labute approximate surface area is 919 Å². The van der Waals surface area contributed by atoms with Gasteiger partial charge in [0.05, 0.1) is 23.9 Å². The quantitative estimate of drug-likeness (QED) is 0.151. The number of carboxylic acid groups (broad SMARTS) is 4. The monoisotopic (exact) mass is 2120 g/mol. The van der Waals surface area contributed by atoms with Crippen LogP contribution < -0.4 is 39.4 Å². The molecule has 4 aliphatic heterocycles. The molecule has 149 heavy (non-hydrogen) atoms. The molecule has 0 radical (unpaired) electrons. The fourth-order valence-corrected chi connectivity index (χ4v) is 24.2. The topological polar surface area (TPSA) is 197 Å². The molecule has 0 N–H and O–H groups in total. The molecule has 0 saturated heterocycles. The minimum atomic E-state index is -1.12. The van der Waals surface area contributed by atoms with E-state index in [9.17, 15) is 39.6 Å². The molecule has 818 valence electrons. The number of rotatable bonds is 4. The van der Waals surface area contributed by atoms with Crippen molar-refractivity contribution in [3.05, 3.63) is 227 Å². The van der Waals surface area contributed by atoms with Crippen LogP contribution in [0.25, 0.3) is 0 Å². The van der Waals surface area contributed by atoms with E-state index in [0.29, 0.717) is 70.9 Å². The molecule has 4 aliphatic rings. The van der Waals surface area contributed by atoms with Crippen LogP contribution in [-0.2, 0) is 155 Å². The van der Waals surface area contributed by atoms with Crippen LogP contribution in [0.1, 0.15) is 613 Å². The summed E-state index contributed by atoms with van der Waals surface area (Å²) in [5.74, 6) is 1.95. The first kappa shape index (κ1) is 126. The molecule has 4 heterocycles. The Morgan fingerprint density at radius 2 is 0.275 bits per heavy atom. The van der Waals surface area contributed by atoms with Crippen molar-refractivity contribution in [2.75, 3.05) is 0 Å². The average Bonchev–Trinajstić information content (AvgIpc) is 0.713. The second kappa shape index (κ2) is 39.8. The van der Waals surface area contributed by atoms with Gasteiger partial charge in [-0.2, -0.15) is 0 Å². The minimum Gasteiger partial charge on any atom is -0.545 e.